The summed E-state index contributed by atoms with van der Waals surface area (Å²) in [5.41, 5.74) is -0.858. The molecule has 42 heavy (non-hydrogen) atoms. The SMILES string of the molecule is CC[C@H]1O[C@@H](n2cnc3c(N(C(=O)OC(C)(C)C)C(=O)OC(C)(C)C)ncnc32)CC1OCc1ccccc1[N+](=O)[O-]. The number of imide groups is 1. The van der Waals surface area contributed by atoms with Gasteiger partial charge in [0.1, 0.15) is 23.8 Å². The van der Waals surface area contributed by atoms with Crippen LogP contribution in [0.3, 0.4) is 0 Å². The summed E-state index contributed by atoms with van der Waals surface area (Å²) in [6.07, 6.45) is 0.599. The van der Waals surface area contributed by atoms with E-state index < -0.39 is 34.5 Å². The van der Waals surface area contributed by atoms with E-state index in [2.05, 4.69) is 15.0 Å². The molecule has 1 aliphatic rings. The number of carbonyl (C=O) groups is 2. The molecule has 4 rings (SSSR count). The number of benzene rings is 1. The van der Waals surface area contributed by atoms with Crippen molar-refractivity contribution in [3.8, 4) is 0 Å². The highest BCUT2D eigenvalue weighted by Gasteiger charge is 2.39. The summed E-state index contributed by atoms with van der Waals surface area (Å²) < 4.78 is 25.0. The van der Waals surface area contributed by atoms with Gasteiger partial charge in [-0.15, -0.1) is 0 Å². The highest BCUT2D eigenvalue weighted by molar-refractivity contribution is 6.12. The number of nitrogens with zero attached hydrogens (tertiary/aromatic N) is 6. The maximum Gasteiger partial charge on any atom is 0.425 e. The van der Waals surface area contributed by atoms with Crippen LogP contribution in [0.4, 0.5) is 21.1 Å². The minimum absolute atomic E-state index is 0.00891. The number of hydrogen-bond acceptors (Lipinski definition) is 11. The van der Waals surface area contributed by atoms with Gasteiger partial charge >= 0.3 is 12.2 Å². The molecule has 2 aromatic heterocycles. The van der Waals surface area contributed by atoms with Crippen molar-refractivity contribution in [2.75, 3.05) is 4.90 Å². The number of aromatic nitrogens is 4. The summed E-state index contributed by atoms with van der Waals surface area (Å²) in [5.74, 6) is -0.100. The van der Waals surface area contributed by atoms with Crippen LogP contribution < -0.4 is 4.90 Å². The van der Waals surface area contributed by atoms with E-state index >= 15 is 0 Å². The van der Waals surface area contributed by atoms with Crippen molar-refractivity contribution >= 4 is 34.9 Å². The molecule has 1 aliphatic heterocycles. The normalized spacial score (nSPS) is 19.1. The lowest BCUT2D eigenvalue weighted by molar-refractivity contribution is -0.386. The molecule has 0 spiro atoms. The fourth-order valence-electron chi connectivity index (χ4n) is 4.49. The smallest absolute Gasteiger partial charge is 0.425 e. The van der Waals surface area contributed by atoms with Gasteiger partial charge in [-0.05, 0) is 54.0 Å². The number of anilines is 1. The summed E-state index contributed by atoms with van der Waals surface area (Å²) in [6.45, 7) is 12.1. The van der Waals surface area contributed by atoms with Crippen LogP contribution in [0.15, 0.2) is 36.9 Å². The number of rotatable bonds is 7. The Bertz CT molecular complexity index is 1430. The number of imidazole rings is 1. The van der Waals surface area contributed by atoms with E-state index in [4.69, 9.17) is 18.9 Å². The average Bonchev–Trinajstić information content (AvgIpc) is 3.50. The predicted octanol–water partition coefficient (Wildman–Crippen LogP) is 5.69. The molecule has 0 aliphatic carbocycles. The summed E-state index contributed by atoms with van der Waals surface area (Å²) in [6, 6.07) is 6.44. The first-order valence-corrected chi connectivity index (χ1v) is 13.6. The van der Waals surface area contributed by atoms with Crippen LogP contribution in [0.2, 0.25) is 0 Å². The zero-order chi connectivity index (χ0) is 30.8. The second-order valence-electron chi connectivity index (χ2n) is 11.8. The zero-order valence-electron chi connectivity index (χ0n) is 24.8. The van der Waals surface area contributed by atoms with Crippen molar-refractivity contribution in [1.82, 2.24) is 19.5 Å². The third-order valence-corrected chi connectivity index (χ3v) is 6.24. The first kappa shape index (κ1) is 30.8. The quantitative estimate of drug-likeness (QED) is 0.248. The number of amides is 2. The first-order valence-electron chi connectivity index (χ1n) is 13.6. The van der Waals surface area contributed by atoms with Crippen LogP contribution in [0.25, 0.3) is 11.2 Å². The number of fused-ring (bicyclic) bond motifs is 1. The van der Waals surface area contributed by atoms with Gasteiger partial charge in [0.2, 0.25) is 0 Å². The second-order valence-corrected chi connectivity index (χ2v) is 11.8. The Morgan fingerprint density at radius 3 is 2.31 bits per heavy atom. The molecule has 1 fully saturated rings. The highest BCUT2D eigenvalue weighted by Crippen LogP contribution is 2.36. The molecule has 226 valence electrons. The van der Waals surface area contributed by atoms with Gasteiger partial charge in [0.15, 0.2) is 17.0 Å². The molecule has 14 heteroatoms. The van der Waals surface area contributed by atoms with Gasteiger partial charge in [0.25, 0.3) is 5.69 Å². The Balaban J connectivity index is 1.62. The van der Waals surface area contributed by atoms with E-state index in [1.165, 1.54) is 18.7 Å². The van der Waals surface area contributed by atoms with Crippen molar-refractivity contribution in [2.45, 2.75) is 97.6 Å². The Morgan fingerprint density at radius 1 is 1.07 bits per heavy atom. The minimum Gasteiger partial charge on any atom is -0.443 e. The van der Waals surface area contributed by atoms with E-state index in [0.717, 1.165) is 0 Å². The second kappa shape index (κ2) is 12.0. The van der Waals surface area contributed by atoms with Gasteiger partial charge < -0.3 is 18.9 Å². The van der Waals surface area contributed by atoms with Crippen molar-refractivity contribution < 1.29 is 33.5 Å². The molecule has 3 aromatic rings. The number of ether oxygens (including phenoxy) is 4. The Morgan fingerprint density at radius 2 is 1.71 bits per heavy atom. The lowest BCUT2D eigenvalue weighted by Gasteiger charge is -2.28. The Kier molecular flexibility index (Phi) is 8.78. The first-order chi connectivity index (χ1) is 19.7. The summed E-state index contributed by atoms with van der Waals surface area (Å²) in [4.78, 5) is 51.1. The van der Waals surface area contributed by atoms with Crippen LogP contribution in [-0.4, -0.2) is 60.0 Å². The Hall–Kier alpha value is -4.17. The zero-order valence-corrected chi connectivity index (χ0v) is 24.8. The van der Waals surface area contributed by atoms with E-state index in [-0.39, 0.29) is 35.8 Å². The average molecular weight is 585 g/mol. The standard InChI is InChI=1S/C28H36N6O8/c1-8-19-20(39-14-17-11-9-10-12-18(17)34(37)38)13-21(40-19)32-16-31-22-23(32)29-15-30-24(22)33(25(35)41-27(2,3)4)26(36)42-28(5,6)7/h9-12,15-16,19-21H,8,13-14H2,1-7H3/t19-,20?,21-/m1/s1. The number of hydrogen-bond donors (Lipinski definition) is 0. The van der Waals surface area contributed by atoms with E-state index in [1.807, 2.05) is 6.92 Å². The fraction of sp³-hybridized carbons (Fsp3) is 0.536. The van der Waals surface area contributed by atoms with E-state index in [1.54, 1.807) is 64.3 Å². The van der Waals surface area contributed by atoms with Gasteiger partial charge in [-0.25, -0.2) is 24.5 Å². The molecule has 14 nitrogen and oxygen atoms in total. The van der Waals surface area contributed by atoms with Gasteiger partial charge in [0.05, 0.1) is 35.6 Å². The van der Waals surface area contributed by atoms with Crippen molar-refractivity contribution in [3.05, 3.63) is 52.6 Å². The summed E-state index contributed by atoms with van der Waals surface area (Å²) >= 11 is 0. The molecule has 1 unspecified atom stereocenters. The molecular formula is C28H36N6O8. The van der Waals surface area contributed by atoms with Crippen molar-refractivity contribution in [3.63, 3.8) is 0 Å². The van der Waals surface area contributed by atoms with Gasteiger partial charge in [-0.1, -0.05) is 19.1 Å². The molecule has 1 saturated heterocycles. The monoisotopic (exact) mass is 584 g/mol. The maximum absolute atomic E-state index is 13.2. The molecule has 2 amide bonds. The minimum atomic E-state index is -0.974. The largest absolute Gasteiger partial charge is 0.443 e. The maximum atomic E-state index is 13.2. The molecule has 3 heterocycles. The van der Waals surface area contributed by atoms with Crippen molar-refractivity contribution in [2.24, 2.45) is 0 Å². The number of carbonyl (C=O) groups excluding carboxylic acids is 2. The van der Waals surface area contributed by atoms with Crippen LogP contribution in [0, 0.1) is 10.1 Å². The van der Waals surface area contributed by atoms with Crippen LogP contribution in [-0.2, 0) is 25.6 Å². The lowest BCUT2D eigenvalue weighted by Crippen LogP contribution is -2.44. The van der Waals surface area contributed by atoms with Gasteiger partial charge in [-0.3, -0.25) is 14.7 Å². The van der Waals surface area contributed by atoms with Gasteiger partial charge in [0, 0.05) is 12.5 Å². The number of para-hydroxylation sites is 1. The van der Waals surface area contributed by atoms with Crippen molar-refractivity contribution in [1.29, 1.82) is 0 Å². The number of nitro groups is 1. The topological polar surface area (TPSA) is 161 Å². The summed E-state index contributed by atoms with van der Waals surface area (Å²) in [5, 5.41) is 11.4. The lowest BCUT2D eigenvalue weighted by atomic mass is 10.1. The third kappa shape index (κ3) is 6.99. The molecule has 0 bridgehead atoms. The molecule has 0 radical (unpaired) electrons. The fourth-order valence-corrected chi connectivity index (χ4v) is 4.49. The summed E-state index contributed by atoms with van der Waals surface area (Å²) in [7, 11) is 0. The van der Waals surface area contributed by atoms with Crippen LogP contribution in [0.5, 0.6) is 0 Å². The van der Waals surface area contributed by atoms with Crippen LogP contribution in [0.1, 0.15) is 73.1 Å². The third-order valence-electron chi connectivity index (χ3n) is 6.24. The van der Waals surface area contributed by atoms with E-state index in [9.17, 15) is 19.7 Å². The van der Waals surface area contributed by atoms with Crippen LogP contribution >= 0.6 is 0 Å². The predicted molar refractivity (Wildman–Crippen MR) is 151 cm³/mol. The Labute approximate surface area is 243 Å². The van der Waals surface area contributed by atoms with Gasteiger partial charge in [-0.2, -0.15) is 4.90 Å². The van der Waals surface area contributed by atoms with E-state index in [0.29, 0.717) is 29.0 Å². The highest BCUT2D eigenvalue weighted by atomic mass is 16.6. The molecule has 1 aromatic carbocycles. The molecule has 0 saturated carbocycles. The molecular weight excluding hydrogens is 548 g/mol. The number of nitro benzene ring substituents is 1. The molecule has 0 N–H and O–H groups in total. The molecule has 3 atom stereocenters.